The lowest BCUT2D eigenvalue weighted by atomic mass is 9.94. The molecule has 0 aliphatic carbocycles. The average molecular weight is 485 g/mol. The molecule has 1 rings (SSSR count). The number of hydrogen-bond donors (Lipinski definition) is 3. The summed E-state index contributed by atoms with van der Waals surface area (Å²) >= 11 is 0. The molecule has 2 amide bonds. The van der Waals surface area contributed by atoms with Gasteiger partial charge in [-0.1, -0.05) is 18.8 Å². The molecule has 1 aromatic rings. The summed E-state index contributed by atoms with van der Waals surface area (Å²) in [5.74, 6) is 9.82. The Labute approximate surface area is 208 Å². The van der Waals surface area contributed by atoms with Crippen LogP contribution in [0.15, 0.2) is 24.3 Å². The molecule has 8 nitrogen and oxygen atoms in total. The number of esters is 1. The van der Waals surface area contributed by atoms with Gasteiger partial charge >= 0.3 is 12.1 Å². The molecule has 3 N–H and O–H groups in total. The zero-order valence-corrected chi connectivity index (χ0v) is 21.7. The van der Waals surface area contributed by atoms with E-state index in [1.54, 1.807) is 58.9 Å². The van der Waals surface area contributed by atoms with Crippen LogP contribution in [0.2, 0.25) is 0 Å². The molecule has 0 bridgehead atoms. The van der Waals surface area contributed by atoms with E-state index in [1.807, 2.05) is 13.8 Å². The average Bonchev–Trinajstić information content (AvgIpc) is 2.77. The van der Waals surface area contributed by atoms with Crippen LogP contribution >= 0.6 is 0 Å². The second-order valence-electron chi connectivity index (χ2n) is 9.64. The maximum Gasteiger partial charge on any atom is 0.408 e. The fourth-order valence-corrected chi connectivity index (χ4v) is 2.91. The van der Waals surface area contributed by atoms with Crippen LogP contribution in [0.25, 0.3) is 0 Å². The highest BCUT2D eigenvalue weighted by Gasteiger charge is 2.39. The van der Waals surface area contributed by atoms with E-state index in [-0.39, 0.29) is 5.92 Å². The molecule has 190 valence electrons. The van der Waals surface area contributed by atoms with Gasteiger partial charge in [0.1, 0.15) is 11.6 Å². The number of benzene rings is 1. The zero-order valence-electron chi connectivity index (χ0n) is 21.7. The minimum atomic E-state index is -1.21. The number of aliphatic hydroxyl groups excluding tert-OH is 1. The Balaban J connectivity index is 2.95. The first-order chi connectivity index (χ1) is 16.2. The van der Waals surface area contributed by atoms with Gasteiger partial charge in [-0.25, -0.2) is 9.59 Å². The van der Waals surface area contributed by atoms with Crippen LogP contribution in [0.1, 0.15) is 70.8 Å². The highest BCUT2D eigenvalue weighted by atomic mass is 16.6. The number of hydrogen-bond acceptors (Lipinski definition) is 6. The molecule has 2 unspecified atom stereocenters. The van der Waals surface area contributed by atoms with Gasteiger partial charge in [0.2, 0.25) is 0 Å². The van der Waals surface area contributed by atoms with Gasteiger partial charge < -0.3 is 25.2 Å². The molecule has 0 radical (unpaired) electrons. The lowest BCUT2D eigenvalue weighted by Crippen LogP contribution is -2.62. The van der Waals surface area contributed by atoms with Crippen molar-refractivity contribution in [3.05, 3.63) is 35.4 Å². The van der Waals surface area contributed by atoms with Crippen LogP contribution in [-0.2, 0) is 14.3 Å². The number of rotatable bonds is 7. The lowest BCUT2D eigenvalue weighted by Gasteiger charge is -2.34. The number of aliphatic hydroxyl groups is 1. The quantitative estimate of drug-likeness (QED) is 0.405. The molecule has 0 aromatic heterocycles. The summed E-state index contributed by atoms with van der Waals surface area (Å²) in [6, 6.07) is 5.27. The smallest absolute Gasteiger partial charge is 0.408 e. The van der Waals surface area contributed by atoms with Crippen LogP contribution in [0.4, 0.5) is 4.79 Å². The third kappa shape index (κ3) is 10.1. The molecular weight excluding hydrogens is 448 g/mol. The molecule has 0 saturated heterocycles. The van der Waals surface area contributed by atoms with Crippen molar-refractivity contribution in [1.82, 2.24) is 10.6 Å². The number of ether oxygens (including phenoxy) is 2. The maximum atomic E-state index is 12.8. The molecular formula is C27H36N2O6. The van der Waals surface area contributed by atoms with E-state index >= 15 is 0 Å². The fraction of sp³-hybridized carbons (Fsp3) is 0.519. The molecule has 0 saturated carbocycles. The summed E-state index contributed by atoms with van der Waals surface area (Å²) in [6.45, 7) is 12.0. The molecule has 3 atom stereocenters. The Morgan fingerprint density at radius 3 is 2.17 bits per heavy atom. The second kappa shape index (κ2) is 12.8. The highest BCUT2D eigenvalue weighted by molar-refractivity contribution is 5.97. The predicted octanol–water partition coefficient (Wildman–Crippen LogP) is 3.02. The first-order valence-electron chi connectivity index (χ1n) is 11.4. The number of carbonyl (C=O) groups is 3. The van der Waals surface area contributed by atoms with Crippen molar-refractivity contribution < 1.29 is 29.0 Å². The SMILES string of the molecule is CCC(O)C(C)C#CC#Cc1ccc(C(=O)N[C@H](C(=O)OC)C(C)(C)NC(=O)OC(C)(C)C)cc1. The van der Waals surface area contributed by atoms with Crippen molar-refractivity contribution in [3.63, 3.8) is 0 Å². The van der Waals surface area contributed by atoms with E-state index < -0.39 is 41.3 Å². The van der Waals surface area contributed by atoms with Crippen molar-refractivity contribution >= 4 is 18.0 Å². The standard InChI is InChI=1S/C27H36N2O6/c1-9-21(30)18(2)12-10-11-13-19-14-16-20(17-15-19)23(31)28-22(24(32)34-8)27(6,7)29-25(33)35-26(3,4)5/h14-18,21-22,30H,9H2,1-8H3,(H,28,31)(H,29,33)/t18?,21?,22-/m1/s1. The first kappa shape index (κ1) is 29.5. The molecule has 0 heterocycles. The van der Waals surface area contributed by atoms with E-state index in [0.29, 0.717) is 17.5 Å². The van der Waals surface area contributed by atoms with Crippen molar-refractivity contribution in [2.75, 3.05) is 7.11 Å². The minimum Gasteiger partial charge on any atom is -0.467 e. The second-order valence-corrected chi connectivity index (χ2v) is 9.64. The molecule has 0 fully saturated rings. The van der Waals surface area contributed by atoms with Crippen molar-refractivity contribution in [3.8, 4) is 23.7 Å². The van der Waals surface area contributed by atoms with Gasteiger partial charge in [0.25, 0.3) is 5.91 Å². The number of amides is 2. The Morgan fingerprint density at radius 1 is 1.06 bits per heavy atom. The first-order valence-corrected chi connectivity index (χ1v) is 11.4. The van der Waals surface area contributed by atoms with Gasteiger partial charge in [0.05, 0.1) is 18.8 Å². The van der Waals surface area contributed by atoms with E-state index in [4.69, 9.17) is 9.47 Å². The molecule has 0 spiro atoms. The molecule has 0 aliphatic rings. The molecule has 35 heavy (non-hydrogen) atoms. The van der Waals surface area contributed by atoms with Crippen molar-refractivity contribution in [1.29, 1.82) is 0 Å². The molecule has 8 heteroatoms. The minimum absolute atomic E-state index is 0.169. The number of nitrogens with one attached hydrogen (secondary N) is 2. The zero-order chi connectivity index (χ0) is 26.8. The summed E-state index contributed by atoms with van der Waals surface area (Å²) < 4.78 is 10.1. The van der Waals surface area contributed by atoms with E-state index in [9.17, 15) is 19.5 Å². The number of methoxy groups -OCH3 is 1. The number of carbonyl (C=O) groups excluding carboxylic acids is 3. The summed E-state index contributed by atoms with van der Waals surface area (Å²) in [6.07, 6.45) is -0.590. The van der Waals surface area contributed by atoms with Crippen LogP contribution in [0.5, 0.6) is 0 Å². The van der Waals surface area contributed by atoms with E-state index in [0.717, 1.165) is 0 Å². The Hall–Kier alpha value is -3.49. The third-order valence-electron chi connectivity index (χ3n) is 4.97. The summed E-state index contributed by atoms with van der Waals surface area (Å²) in [4.78, 5) is 37.5. The van der Waals surface area contributed by atoms with Gasteiger partial charge in [-0.15, -0.1) is 0 Å². The maximum absolute atomic E-state index is 12.8. The van der Waals surface area contributed by atoms with Crippen LogP contribution in [-0.4, -0.2) is 53.5 Å². The summed E-state index contributed by atoms with van der Waals surface area (Å²) in [5.41, 5.74) is -0.994. The largest absolute Gasteiger partial charge is 0.467 e. The topological polar surface area (TPSA) is 114 Å². The van der Waals surface area contributed by atoms with Crippen molar-refractivity contribution in [2.45, 2.75) is 78.2 Å². The van der Waals surface area contributed by atoms with Gasteiger partial charge in [0, 0.05) is 17.0 Å². The van der Waals surface area contributed by atoms with Crippen LogP contribution in [0.3, 0.4) is 0 Å². The predicted molar refractivity (Wildman–Crippen MR) is 133 cm³/mol. The summed E-state index contributed by atoms with van der Waals surface area (Å²) in [5, 5.41) is 15.0. The van der Waals surface area contributed by atoms with Gasteiger partial charge in [0.15, 0.2) is 0 Å². The van der Waals surface area contributed by atoms with Crippen LogP contribution in [0, 0.1) is 29.6 Å². The van der Waals surface area contributed by atoms with Crippen LogP contribution < -0.4 is 10.6 Å². The van der Waals surface area contributed by atoms with Crippen molar-refractivity contribution in [2.24, 2.45) is 5.92 Å². The molecule has 1 aromatic carbocycles. The molecule has 0 aliphatic heterocycles. The fourth-order valence-electron chi connectivity index (χ4n) is 2.91. The summed E-state index contributed by atoms with van der Waals surface area (Å²) in [7, 11) is 1.20. The Bertz CT molecular complexity index is 1020. The Kier molecular flexibility index (Phi) is 10.8. The monoisotopic (exact) mass is 484 g/mol. The van der Waals surface area contributed by atoms with Gasteiger partial charge in [-0.05, 0) is 84.1 Å². The number of alkyl carbamates (subject to hydrolysis) is 1. The third-order valence-corrected chi connectivity index (χ3v) is 4.97. The van der Waals surface area contributed by atoms with Gasteiger partial charge in [-0.3, -0.25) is 4.79 Å². The lowest BCUT2D eigenvalue weighted by molar-refractivity contribution is -0.144. The van der Waals surface area contributed by atoms with Gasteiger partial charge in [-0.2, -0.15) is 0 Å². The highest BCUT2D eigenvalue weighted by Crippen LogP contribution is 2.15. The van der Waals surface area contributed by atoms with E-state index in [1.165, 1.54) is 7.11 Å². The van der Waals surface area contributed by atoms with E-state index in [2.05, 4.69) is 34.3 Å². The normalized spacial score (nSPS) is 13.5. The Morgan fingerprint density at radius 2 is 1.66 bits per heavy atom.